The number of rotatable bonds is 7. The standard InChI is InChI=1S/C28H35N5O4.C2HF3O2/c1-37-17-16-32-19-22(20-6-3-2-4-7-20)10-9-21(27(32)35)18-25(34)31-14-11-23(12-15-31)33-24-8-5-13-29-26(24)30-28(33)36;3-2(4,5)1(6)7/h2-8,13,21-23H,9-12,14-19H2,1H3,(H,29,30,36);(H,6,7)/t21-,22-;/m0./s1. The summed E-state index contributed by atoms with van der Waals surface area (Å²) in [4.78, 5) is 59.0. The van der Waals surface area contributed by atoms with Gasteiger partial charge in [-0.3, -0.25) is 19.1 Å². The summed E-state index contributed by atoms with van der Waals surface area (Å²) in [5.74, 6) is -2.75. The molecule has 0 unspecified atom stereocenters. The molecule has 2 aliphatic rings. The largest absolute Gasteiger partial charge is 0.490 e. The number of hydrogen-bond acceptors (Lipinski definition) is 6. The van der Waals surface area contributed by atoms with Crippen LogP contribution in [-0.4, -0.2) is 93.3 Å². The number of carboxylic acid groups (broad SMARTS) is 1. The number of likely N-dealkylation sites (tertiary alicyclic amines) is 2. The van der Waals surface area contributed by atoms with E-state index in [0.717, 1.165) is 11.9 Å². The molecule has 238 valence electrons. The summed E-state index contributed by atoms with van der Waals surface area (Å²) < 4.78 is 38.8. The number of nitrogens with one attached hydrogen (secondary N) is 1. The van der Waals surface area contributed by atoms with Crippen molar-refractivity contribution in [3.8, 4) is 0 Å². The number of fused-ring (bicyclic) bond motifs is 1. The highest BCUT2D eigenvalue weighted by Crippen LogP contribution is 2.32. The SMILES string of the molecule is COCCN1C[C@@H](c2ccccc2)CC[C@@H](CC(=O)N2CCC(n3c(=O)[nH]c4ncccc43)CC2)C1=O.O=C(O)C(F)(F)F. The zero-order valence-corrected chi connectivity index (χ0v) is 24.3. The van der Waals surface area contributed by atoms with Gasteiger partial charge >= 0.3 is 17.8 Å². The molecule has 11 nitrogen and oxygen atoms in total. The Balaban J connectivity index is 0.000000566. The molecule has 3 aromatic rings. The zero-order valence-electron chi connectivity index (χ0n) is 24.3. The fourth-order valence-electron chi connectivity index (χ4n) is 5.86. The molecule has 2 saturated heterocycles. The van der Waals surface area contributed by atoms with Crippen molar-refractivity contribution in [2.45, 2.75) is 50.2 Å². The van der Waals surface area contributed by atoms with Gasteiger partial charge in [-0.15, -0.1) is 0 Å². The van der Waals surface area contributed by atoms with Crippen molar-refractivity contribution in [3.05, 3.63) is 64.7 Å². The minimum absolute atomic E-state index is 0.0187. The normalized spacial score (nSPS) is 19.8. The molecule has 2 amide bonds. The number of nitrogens with zero attached hydrogens (tertiary/aromatic N) is 4. The summed E-state index contributed by atoms with van der Waals surface area (Å²) in [5.41, 5.74) is 2.45. The lowest BCUT2D eigenvalue weighted by atomic mass is 9.90. The van der Waals surface area contributed by atoms with Crippen molar-refractivity contribution in [1.29, 1.82) is 0 Å². The van der Waals surface area contributed by atoms with Crippen LogP contribution >= 0.6 is 0 Å². The molecule has 5 rings (SSSR count). The molecular formula is C30H36F3N5O6. The van der Waals surface area contributed by atoms with E-state index in [1.54, 1.807) is 17.9 Å². The number of methoxy groups -OCH3 is 1. The van der Waals surface area contributed by atoms with Gasteiger partial charge in [0.2, 0.25) is 11.8 Å². The number of halogens is 3. The average molecular weight is 620 g/mol. The summed E-state index contributed by atoms with van der Waals surface area (Å²) in [6.07, 6.45) is -0.231. The molecule has 0 bridgehead atoms. The van der Waals surface area contributed by atoms with Gasteiger partial charge in [-0.05, 0) is 43.4 Å². The predicted octanol–water partition coefficient (Wildman–Crippen LogP) is 3.58. The van der Waals surface area contributed by atoms with Crippen molar-refractivity contribution in [2.24, 2.45) is 5.92 Å². The van der Waals surface area contributed by atoms with Crippen LogP contribution in [0, 0.1) is 5.92 Å². The number of carboxylic acids is 1. The minimum atomic E-state index is -5.08. The summed E-state index contributed by atoms with van der Waals surface area (Å²) in [7, 11) is 1.64. The predicted molar refractivity (Wildman–Crippen MR) is 154 cm³/mol. The van der Waals surface area contributed by atoms with Crippen LogP contribution in [-0.2, 0) is 19.1 Å². The number of aliphatic carboxylic acids is 1. The van der Waals surface area contributed by atoms with Crippen molar-refractivity contribution in [1.82, 2.24) is 24.3 Å². The Kier molecular flexibility index (Phi) is 10.8. The molecule has 2 aromatic heterocycles. The highest BCUT2D eigenvalue weighted by atomic mass is 19.4. The molecule has 0 saturated carbocycles. The number of benzene rings is 1. The van der Waals surface area contributed by atoms with Gasteiger partial charge in [-0.25, -0.2) is 14.6 Å². The molecule has 4 heterocycles. The van der Waals surface area contributed by atoms with Gasteiger partial charge in [0.25, 0.3) is 0 Å². The fourth-order valence-corrected chi connectivity index (χ4v) is 5.86. The van der Waals surface area contributed by atoms with Crippen LogP contribution in [0.3, 0.4) is 0 Å². The Bertz CT molecular complexity index is 1480. The van der Waals surface area contributed by atoms with Gasteiger partial charge in [-0.2, -0.15) is 13.2 Å². The molecule has 2 fully saturated rings. The van der Waals surface area contributed by atoms with Gasteiger partial charge in [0.15, 0.2) is 5.65 Å². The maximum atomic E-state index is 13.5. The van der Waals surface area contributed by atoms with E-state index in [0.29, 0.717) is 57.7 Å². The first-order valence-corrected chi connectivity index (χ1v) is 14.4. The molecular weight excluding hydrogens is 583 g/mol. The van der Waals surface area contributed by atoms with Gasteiger partial charge in [0.1, 0.15) is 0 Å². The minimum Gasteiger partial charge on any atom is -0.475 e. The number of aromatic amines is 1. The lowest BCUT2D eigenvalue weighted by Crippen LogP contribution is -2.43. The van der Waals surface area contributed by atoms with E-state index in [1.165, 1.54) is 5.56 Å². The summed E-state index contributed by atoms with van der Waals surface area (Å²) in [5, 5.41) is 7.12. The number of amides is 2. The number of carbonyl (C=O) groups excluding carboxylic acids is 2. The Morgan fingerprint density at radius 3 is 2.36 bits per heavy atom. The van der Waals surface area contributed by atoms with Gasteiger partial charge in [0, 0.05) is 63.8 Å². The second kappa shape index (κ2) is 14.5. The summed E-state index contributed by atoms with van der Waals surface area (Å²) in [6, 6.07) is 14.1. The number of imidazole rings is 1. The second-order valence-electron chi connectivity index (χ2n) is 10.9. The number of carbonyl (C=O) groups is 3. The zero-order chi connectivity index (χ0) is 31.9. The first kappa shape index (κ1) is 32.7. The molecule has 2 atom stereocenters. The first-order valence-electron chi connectivity index (χ1n) is 14.4. The maximum Gasteiger partial charge on any atom is 0.490 e. The number of alkyl halides is 3. The molecule has 0 radical (unpaired) electrons. The molecule has 14 heteroatoms. The van der Waals surface area contributed by atoms with Crippen molar-refractivity contribution >= 4 is 28.9 Å². The van der Waals surface area contributed by atoms with Crippen LogP contribution in [0.25, 0.3) is 11.2 Å². The summed E-state index contributed by atoms with van der Waals surface area (Å²) >= 11 is 0. The number of pyridine rings is 1. The van der Waals surface area contributed by atoms with E-state index >= 15 is 0 Å². The molecule has 1 aromatic carbocycles. The topological polar surface area (TPSA) is 138 Å². The Hall–Kier alpha value is -4.20. The van der Waals surface area contributed by atoms with E-state index in [-0.39, 0.29) is 41.8 Å². The van der Waals surface area contributed by atoms with Crippen LogP contribution < -0.4 is 5.69 Å². The molecule has 44 heavy (non-hydrogen) atoms. The van der Waals surface area contributed by atoms with Crippen molar-refractivity contribution in [3.63, 3.8) is 0 Å². The Labute approximate surface area is 251 Å². The van der Waals surface area contributed by atoms with Crippen LogP contribution in [0.1, 0.15) is 49.6 Å². The van der Waals surface area contributed by atoms with E-state index in [2.05, 4.69) is 22.1 Å². The number of hydrogen-bond donors (Lipinski definition) is 2. The molecule has 0 aliphatic carbocycles. The molecule has 2 N–H and O–H groups in total. The lowest BCUT2D eigenvalue weighted by molar-refractivity contribution is -0.192. The summed E-state index contributed by atoms with van der Waals surface area (Å²) in [6.45, 7) is 2.80. The van der Waals surface area contributed by atoms with Crippen LogP contribution in [0.5, 0.6) is 0 Å². The van der Waals surface area contributed by atoms with E-state index in [1.807, 2.05) is 40.1 Å². The van der Waals surface area contributed by atoms with Gasteiger partial charge < -0.3 is 19.6 Å². The maximum absolute atomic E-state index is 13.5. The van der Waals surface area contributed by atoms with Crippen LogP contribution in [0.2, 0.25) is 0 Å². The Morgan fingerprint density at radius 2 is 1.73 bits per heavy atom. The van der Waals surface area contributed by atoms with Crippen molar-refractivity contribution in [2.75, 3.05) is 39.9 Å². The van der Waals surface area contributed by atoms with E-state index < -0.39 is 12.1 Å². The molecule has 2 aliphatic heterocycles. The highest BCUT2D eigenvalue weighted by molar-refractivity contribution is 5.86. The average Bonchev–Trinajstić information content (AvgIpc) is 3.27. The smallest absolute Gasteiger partial charge is 0.475 e. The third-order valence-corrected chi connectivity index (χ3v) is 8.14. The van der Waals surface area contributed by atoms with Gasteiger partial charge in [0.05, 0.1) is 12.1 Å². The number of ether oxygens (including phenoxy) is 1. The van der Waals surface area contributed by atoms with E-state index in [9.17, 15) is 27.6 Å². The fraction of sp³-hybridized carbons (Fsp3) is 0.500. The van der Waals surface area contributed by atoms with Crippen LogP contribution in [0.15, 0.2) is 53.5 Å². The number of piperidine rings is 1. The van der Waals surface area contributed by atoms with Gasteiger partial charge in [-0.1, -0.05) is 30.3 Å². The second-order valence-corrected chi connectivity index (χ2v) is 10.9. The number of aromatic nitrogens is 3. The highest BCUT2D eigenvalue weighted by Gasteiger charge is 2.38. The van der Waals surface area contributed by atoms with E-state index in [4.69, 9.17) is 14.6 Å². The molecule has 0 spiro atoms. The first-order chi connectivity index (χ1) is 21.0. The quantitative estimate of drug-likeness (QED) is 0.413. The van der Waals surface area contributed by atoms with Crippen molar-refractivity contribution < 1.29 is 37.4 Å². The number of H-pyrrole nitrogens is 1. The third kappa shape index (κ3) is 8.04. The lowest BCUT2D eigenvalue weighted by Gasteiger charge is -2.33. The Morgan fingerprint density at radius 1 is 1.05 bits per heavy atom. The third-order valence-electron chi connectivity index (χ3n) is 8.14. The monoisotopic (exact) mass is 619 g/mol. The van der Waals surface area contributed by atoms with Crippen LogP contribution in [0.4, 0.5) is 13.2 Å².